The highest BCUT2D eigenvalue weighted by atomic mass is 16.6. The highest BCUT2D eigenvalue weighted by Gasteiger charge is 2.20. The number of carboxylic acids is 1. The number of anilines is 1. The molecule has 7 heteroatoms. The molecule has 0 amide bonds. The molecule has 7 nitrogen and oxygen atoms in total. The maximum atomic E-state index is 10.9. The molecule has 0 saturated heterocycles. The summed E-state index contributed by atoms with van der Waals surface area (Å²) in [7, 11) is 0. The van der Waals surface area contributed by atoms with Crippen molar-refractivity contribution < 1.29 is 19.9 Å². The van der Waals surface area contributed by atoms with Gasteiger partial charge >= 0.3 is 5.97 Å². The molecule has 0 aliphatic rings. The first-order valence-electron chi connectivity index (χ1n) is 5.76. The number of nitrogens with zero attached hydrogens (tertiary/aromatic N) is 1. The lowest BCUT2D eigenvalue weighted by molar-refractivity contribution is -0.385. The van der Waals surface area contributed by atoms with Gasteiger partial charge in [-0.05, 0) is 18.1 Å². The summed E-state index contributed by atoms with van der Waals surface area (Å²) in [4.78, 5) is 20.9. The van der Waals surface area contributed by atoms with E-state index in [0.29, 0.717) is 5.69 Å². The molecule has 1 unspecified atom stereocenters. The van der Waals surface area contributed by atoms with Crippen LogP contribution >= 0.6 is 0 Å². The van der Waals surface area contributed by atoms with E-state index in [0.717, 1.165) is 6.07 Å². The third-order valence-corrected chi connectivity index (χ3v) is 2.71. The lowest BCUT2D eigenvalue weighted by Gasteiger charge is -2.16. The number of carbonyl (C=O) groups is 1. The first kappa shape index (κ1) is 14.9. The number of nitrogens with one attached hydrogen (secondary N) is 1. The van der Waals surface area contributed by atoms with Gasteiger partial charge in [0.2, 0.25) is 0 Å². The lowest BCUT2D eigenvalue weighted by Crippen LogP contribution is -2.24. The highest BCUT2D eigenvalue weighted by molar-refractivity contribution is 5.93. The number of aliphatic hydroxyl groups is 1. The van der Waals surface area contributed by atoms with E-state index in [2.05, 4.69) is 5.32 Å². The van der Waals surface area contributed by atoms with Gasteiger partial charge in [-0.2, -0.15) is 0 Å². The second kappa shape index (κ2) is 6.14. The highest BCUT2D eigenvalue weighted by Crippen LogP contribution is 2.22. The number of aromatic carboxylic acids is 1. The normalized spacial score (nSPS) is 12.2. The van der Waals surface area contributed by atoms with Gasteiger partial charge < -0.3 is 15.5 Å². The Morgan fingerprint density at radius 2 is 2.11 bits per heavy atom. The van der Waals surface area contributed by atoms with E-state index in [1.54, 1.807) is 0 Å². The monoisotopic (exact) mass is 268 g/mol. The van der Waals surface area contributed by atoms with Crippen LogP contribution in [0.5, 0.6) is 0 Å². The van der Waals surface area contributed by atoms with Gasteiger partial charge in [-0.1, -0.05) is 13.8 Å². The average molecular weight is 268 g/mol. The number of aliphatic hydroxyl groups excluding tert-OH is 1. The first-order chi connectivity index (χ1) is 8.82. The fourth-order valence-electron chi connectivity index (χ4n) is 1.43. The van der Waals surface area contributed by atoms with E-state index >= 15 is 0 Å². The van der Waals surface area contributed by atoms with Crippen molar-refractivity contribution in [1.82, 2.24) is 0 Å². The van der Waals surface area contributed by atoms with Crippen LogP contribution in [-0.4, -0.2) is 33.8 Å². The molecule has 0 spiro atoms. The fourth-order valence-corrected chi connectivity index (χ4v) is 1.43. The fraction of sp³-hybridized carbons (Fsp3) is 0.417. The molecule has 1 rings (SSSR count). The van der Waals surface area contributed by atoms with Gasteiger partial charge in [0.05, 0.1) is 11.0 Å². The summed E-state index contributed by atoms with van der Waals surface area (Å²) in [6.07, 6.45) is -0.580. The number of rotatable bonds is 6. The van der Waals surface area contributed by atoms with Gasteiger partial charge in [-0.25, -0.2) is 4.79 Å². The van der Waals surface area contributed by atoms with Crippen molar-refractivity contribution in [3.63, 3.8) is 0 Å². The third-order valence-electron chi connectivity index (χ3n) is 2.71. The van der Waals surface area contributed by atoms with E-state index in [9.17, 15) is 20.0 Å². The minimum atomic E-state index is -1.36. The van der Waals surface area contributed by atoms with Crippen LogP contribution in [-0.2, 0) is 0 Å². The summed E-state index contributed by atoms with van der Waals surface area (Å²) in [6, 6.07) is 3.73. The van der Waals surface area contributed by atoms with E-state index in [1.165, 1.54) is 12.1 Å². The minimum Gasteiger partial charge on any atom is -0.477 e. The van der Waals surface area contributed by atoms with Crippen LogP contribution in [0.25, 0.3) is 0 Å². The number of hydrogen-bond donors (Lipinski definition) is 3. The molecule has 0 aliphatic heterocycles. The Morgan fingerprint density at radius 3 is 2.58 bits per heavy atom. The average Bonchev–Trinajstić information content (AvgIpc) is 2.35. The van der Waals surface area contributed by atoms with Crippen LogP contribution in [0.3, 0.4) is 0 Å². The van der Waals surface area contributed by atoms with Crippen LogP contribution in [0.15, 0.2) is 18.2 Å². The van der Waals surface area contributed by atoms with Crippen molar-refractivity contribution in [3.8, 4) is 0 Å². The molecule has 0 radical (unpaired) electrons. The van der Waals surface area contributed by atoms with Gasteiger partial charge in [-0.15, -0.1) is 0 Å². The Morgan fingerprint density at radius 1 is 1.47 bits per heavy atom. The molecule has 0 heterocycles. The zero-order chi connectivity index (χ0) is 14.6. The number of nitro groups is 1. The summed E-state index contributed by atoms with van der Waals surface area (Å²) in [5.41, 5.74) is -0.417. The van der Waals surface area contributed by atoms with E-state index in [1.807, 2.05) is 13.8 Å². The van der Waals surface area contributed by atoms with Crippen LogP contribution < -0.4 is 5.32 Å². The molecule has 0 fully saturated rings. The van der Waals surface area contributed by atoms with Crippen molar-refractivity contribution in [2.75, 3.05) is 11.9 Å². The number of nitro benzene ring substituents is 1. The topological polar surface area (TPSA) is 113 Å². The van der Waals surface area contributed by atoms with Gasteiger partial charge in [0.15, 0.2) is 0 Å². The molecular weight excluding hydrogens is 252 g/mol. The maximum absolute atomic E-state index is 10.9. The second-order valence-electron chi connectivity index (χ2n) is 4.49. The summed E-state index contributed by atoms with van der Waals surface area (Å²) < 4.78 is 0. The summed E-state index contributed by atoms with van der Waals surface area (Å²) in [5.74, 6) is -1.30. The second-order valence-corrected chi connectivity index (χ2v) is 4.49. The van der Waals surface area contributed by atoms with Gasteiger partial charge in [0, 0.05) is 18.3 Å². The summed E-state index contributed by atoms with van der Waals surface area (Å²) >= 11 is 0. The molecule has 0 aromatic heterocycles. The Balaban J connectivity index is 2.90. The summed E-state index contributed by atoms with van der Waals surface area (Å²) in [5, 5.41) is 32.1. The minimum absolute atomic E-state index is 0.0597. The van der Waals surface area contributed by atoms with Gasteiger partial charge in [-0.3, -0.25) is 10.1 Å². The van der Waals surface area contributed by atoms with Crippen LogP contribution in [0.2, 0.25) is 0 Å². The predicted molar refractivity (Wildman–Crippen MR) is 69.4 cm³/mol. The van der Waals surface area contributed by atoms with E-state index < -0.39 is 22.7 Å². The number of hydrogen-bond acceptors (Lipinski definition) is 5. The van der Waals surface area contributed by atoms with Crippen molar-refractivity contribution >= 4 is 17.3 Å². The molecule has 3 N–H and O–H groups in total. The first-order valence-corrected chi connectivity index (χ1v) is 5.76. The molecule has 1 atom stereocenters. The molecule has 104 valence electrons. The van der Waals surface area contributed by atoms with E-state index in [4.69, 9.17) is 5.11 Å². The summed E-state index contributed by atoms with van der Waals surface area (Å²) in [6.45, 7) is 3.95. The molecule has 1 aromatic rings. The standard InChI is InChI=1S/C12H16N2O5/c1-7(2)11(15)6-13-8-3-4-10(14(18)19)9(5-8)12(16)17/h3-5,7,11,13,15H,6H2,1-2H3,(H,16,17). The van der Waals surface area contributed by atoms with Crippen LogP contribution in [0.1, 0.15) is 24.2 Å². The molecule has 0 aliphatic carbocycles. The van der Waals surface area contributed by atoms with Crippen molar-refractivity contribution in [2.24, 2.45) is 5.92 Å². The quantitative estimate of drug-likeness (QED) is 0.535. The Labute approximate surface area is 110 Å². The predicted octanol–water partition coefficient (Wildman–Crippen LogP) is 1.72. The van der Waals surface area contributed by atoms with Crippen molar-refractivity contribution in [3.05, 3.63) is 33.9 Å². The Kier molecular flexibility index (Phi) is 4.82. The lowest BCUT2D eigenvalue weighted by atomic mass is 10.1. The largest absolute Gasteiger partial charge is 0.477 e. The van der Waals surface area contributed by atoms with Crippen molar-refractivity contribution in [1.29, 1.82) is 0 Å². The molecule has 1 aromatic carbocycles. The SMILES string of the molecule is CC(C)C(O)CNc1ccc([N+](=O)[O-])c(C(=O)O)c1. The Hall–Kier alpha value is -2.15. The molecule has 0 bridgehead atoms. The third kappa shape index (κ3) is 3.92. The molecule has 19 heavy (non-hydrogen) atoms. The van der Waals surface area contributed by atoms with E-state index in [-0.39, 0.29) is 18.0 Å². The van der Waals surface area contributed by atoms with Crippen LogP contribution in [0, 0.1) is 16.0 Å². The molecular formula is C12H16N2O5. The number of carboxylic acid groups (broad SMARTS) is 1. The van der Waals surface area contributed by atoms with Gasteiger partial charge in [0.1, 0.15) is 5.56 Å². The molecule has 0 saturated carbocycles. The number of benzene rings is 1. The maximum Gasteiger partial charge on any atom is 0.342 e. The van der Waals surface area contributed by atoms with Gasteiger partial charge in [0.25, 0.3) is 5.69 Å². The Bertz CT molecular complexity index is 487. The van der Waals surface area contributed by atoms with Crippen molar-refractivity contribution in [2.45, 2.75) is 20.0 Å². The van der Waals surface area contributed by atoms with Crippen LogP contribution in [0.4, 0.5) is 11.4 Å². The zero-order valence-corrected chi connectivity index (χ0v) is 10.7. The smallest absolute Gasteiger partial charge is 0.342 e. The zero-order valence-electron chi connectivity index (χ0n) is 10.7.